The fourth-order valence-electron chi connectivity index (χ4n) is 1.50. The zero-order chi connectivity index (χ0) is 12.4. The molecule has 0 aliphatic carbocycles. The summed E-state index contributed by atoms with van der Waals surface area (Å²) in [5.41, 5.74) is 0.969. The maximum atomic E-state index is 10.1. The van der Waals surface area contributed by atoms with Crippen molar-refractivity contribution in [3.8, 4) is 0 Å². The van der Waals surface area contributed by atoms with Crippen LogP contribution in [-0.2, 0) is 6.42 Å². The molecule has 0 aliphatic rings. The minimum atomic E-state index is -0.511. The van der Waals surface area contributed by atoms with Crippen LogP contribution in [-0.4, -0.2) is 5.11 Å². The lowest BCUT2D eigenvalue weighted by molar-refractivity contribution is 0.182. The average Bonchev–Trinajstić information content (AvgIpc) is 2.70. The van der Waals surface area contributed by atoms with Crippen LogP contribution in [0.1, 0.15) is 16.5 Å². The number of hydrogen-bond acceptors (Lipinski definition) is 2. The Hall–Kier alpha value is -0.0600. The van der Waals surface area contributed by atoms with Gasteiger partial charge in [0.05, 0.1) is 19.9 Å². The highest BCUT2D eigenvalue weighted by atomic mass is 79.9. The smallest absolute Gasteiger partial charge is 0.0922 e. The van der Waals surface area contributed by atoms with Crippen LogP contribution in [0.4, 0.5) is 0 Å². The van der Waals surface area contributed by atoms with Crippen LogP contribution in [0.2, 0.25) is 10.0 Å². The van der Waals surface area contributed by atoms with Crippen molar-refractivity contribution >= 4 is 50.5 Å². The minimum absolute atomic E-state index is 0.511. The molecule has 2 aromatic rings. The van der Waals surface area contributed by atoms with Crippen LogP contribution in [0.15, 0.2) is 34.1 Å². The third kappa shape index (κ3) is 3.46. The molecule has 1 heterocycles. The van der Waals surface area contributed by atoms with E-state index in [1.807, 2.05) is 18.2 Å². The van der Waals surface area contributed by atoms with Gasteiger partial charge in [-0.05, 0) is 45.8 Å². The van der Waals surface area contributed by atoms with E-state index in [9.17, 15) is 5.11 Å². The molecule has 0 aliphatic heterocycles. The molecule has 0 radical (unpaired) electrons. The molecular weight excluding hydrogens is 343 g/mol. The average molecular weight is 352 g/mol. The molecule has 0 fully saturated rings. The van der Waals surface area contributed by atoms with E-state index in [1.165, 1.54) is 11.3 Å². The van der Waals surface area contributed by atoms with Crippen molar-refractivity contribution in [3.05, 3.63) is 54.6 Å². The van der Waals surface area contributed by atoms with E-state index in [1.54, 1.807) is 12.1 Å². The lowest BCUT2D eigenvalue weighted by Gasteiger charge is -2.09. The summed E-state index contributed by atoms with van der Waals surface area (Å²) < 4.78 is 1.01. The molecule has 0 spiro atoms. The largest absolute Gasteiger partial charge is 0.387 e. The van der Waals surface area contributed by atoms with Crippen molar-refractivity contribution in [2.24, 2.45) is 0 Å². The second kappa shape index (κ2) is 5.72. The Bertz CT molecular complexity index is 527. The summed E-state index contributed by atoms with van der Waals surface area (Å²) in [4.78, 5) is 0.933. The van der Waals surface area contributed by atoms with Gasteiger partial charge in [-0.1, -0.05) is 29.3 Å². The van der Waals surface area contributed by atoms with Crippen LogP contribution in [0, 0.1) is 0 Å². The van der Waals surface area contributed by atoms with Crippen LogP contribution in [0.3, 0.4) is 0 Å². The Morgan fingerprint density at radius 3 is 2.53 bits per heavy atom. The zero-order valence-corrected chi connectivity index (χ0v) is 12.6. The number of aliphatic hydroxyl groups excluding tert-OH is 1. The molecule has 17 heavy (non-hydrogen) atoms. The summed E-state index contributed by atoms with van der Waals surface area (Å²) in [6, 6.07) is 9.25. The van der Waals surface area contributed by atoms with Crippen molar-refractivity contribution < 1.29 is 5.11 Å². The van der Waals surface area contributed by atoms with Gasteiger partial charge in [0, 0.05) is 11.3 Å². The van der Waals surface area contributed by atoms with Crippen molar-refractivity contribution in [1.29, 1.82) is 0 Å². The van der Waals surface area contributed by atoms with E-state index >= 15 is 0 Å². The fraction of sp³-hybridized carbons (Fsp3) is 0.167. The first-order chi connectivity index (χ1) is 8.06. The SMILES string of the molecule is OC(Cc1ccc(Cl)c(Cl)c1)c1ccc(Br)s1. The van der Waals surface area contributed by atoms with E-state index in [4.69, 9.17) is 23.2 Å². The van der Waals surface area contributed by atoms with Gasteiger partial charge in [0.1, 0.15) is 0 Å². The van der Waals surface area contributed by atoms with E-state index in [0.717, 1.165) is 14.2 Å². The highest BCUT2D eigenvalue weighted by molar-refractivity contribution is 9.11. The van der Waals surface area contributed by atoms with Gasteiger partial charge in [0.25, 0.3) is 0 Å². The highest BCUT2D eigenvalue weighted by Crippen LogP contribution is 2.30. The molecule has 0 saturated heterocycles. The van der Waals surface area contributed by atoms with Crippen molar-refractivity contribution in [2.45, 2.75) is 12.5 Å². The van der Waals surface area contributed by atoms with Gasteiger partial charge in [0.2, 0.25) is 0 Å². The molecule has 1 unspecified atom stereocenters. The monoisotopic (exact) mass is 350 g/mol. The molecule has 2 rings (SSSR count). The van der Waals surface area contributed by atoms with Gasteiger partial charge in [-0.15, -0.1) is 11.3 Å². The molecule has 1 nitrogen and oxygen atoms in total. The lowest BCUT2D eigenvalue weighted by atomic mass is 10.1. The Morgan fingerprint density at radius 1 is 1.18 bits per heavy atom. The summed E-state index contributed by atoms with van der Waals surface area (Å²) in [7, 11) is 0. The van der Waals surface area contributed by atoms with Gasteiger partial charge in [-0.25, -0.2) is 0 Å². The standard InChI is InChI=1S/C12H9BrCl2OS/c13-12-4-3-11(17-12)10(16)6-7-1-2-8(14)9(15)5-7/h1-5,10,16H,6H2. The Kier molecular flexibility index (Phi) is 4.50. The van der Waals surface area contributed by atoms with Gasteiger partial charge in [-0.3, -0.25) is 0 Å². The number of aliphatic hydroxyl groups is 1. The van der Waals surface area contributed by atoms with Crippen LogP contribution < -0.4 is 0 Å². The predicted molar refractivity (Wildman–Crippen MR) is 77.1 cm³/mol. The Labute approximate surface area is 122 Å². The topological polar surface area (TPSA) is 20.2 Å². The summed E-state index contributed by atoms with van der Waals surface area (Å²) >= 11 is 16.7. The van der Waals surface area contributed by atoms with Gasteiger partial charge in [-0.2, -0.15) is 0 Å². The van der Waals surface area contributed by atoms with Crippen LogP contribution in [0.5, 0.6) is 0 Å². The summed E-state index contributed by atoms with van der Waals surface area (Å²) in [6.45, 7) is 0. The molecule has 5 heteroatoms. The van der Waals surface area contributed by atoms with E-state index in [0.29, 0.717) is 16.5 Å². The first-order valence-corrected chi connectivity index (χ1v) is 7.30. The van der Waals surface area contributed by atoms with Gasteiger partial charge < -0.3 is 5.11 Å². The first-order valence-electron chi connectivity index (χ1n) is 4.93. The maximum Gasteiger partial charge on any atom is 0.0922 e. The number of rotatable bonds is 3. The molecule has 0 amide bonds. The number of thiophene rings is 1. The zero-order valence-electron chi connectivity index (χ0n) is 8.66. The minimum Gasteiger partial charge on any atom is -0.387 e. The highest BCUT2D eigenvalue weighted by Gasteiger charge is 2.11. The normalized spacial score (nSPS) is 12.7. The molecule has 1 N–H and O–H groups in total. The van der Waals surface area contributed by atoms with Crippen LogP contribution >= 0.6 is 50.5 Å². The predicted octanol–water partition coefficient (Wildman–Crippen LogP) is 5.09. The second-order valence-electron chi connectivity index (χ2n) is 3.61. The molecule has 90 valence electrons. The summed E-state index contributed by atoms with van der Waals surface area (Å²) in [5, 5.41) is 11.1. The number of benzene rings is 1. The molecular formula is C12H9BrCl2OS. The molecule has 1 aromatic carbocycles. The van der Waals surface area contributed by atoms with Crippen molar-refractivity contribution in [1.82, 2.24) is 0 Å². The quantitative estimate of drug-likeness (QED) is 0.816. The second-order valence-corrected chi connectivity index (χ2v) is 6.92. The van der Waals surface area contributed by atoms with Crippen LogP contribution in [0.25, 0.3) is 0 Å². The van der Waals surface area contributed by atoms with E-state index < -0.39 is 6.10 Å². The fourth-order valence-corrected chi connectivity index (χ4v) is 3.23. The summed E-state index contributed by atoms with van der Waals surface area (Å²) in [6.07, 6.45) is 0.0210. The maximum absolute atomic E-state index is 10.1. The third-order valence-electron chi connectivity index (χ3n) is 2.34. The van der Waals surface area contributed by atoms with Crippen molar-refractivity contribution in [2.75, 3.05) is 0 Å². The molecule has 0 bridgehead atoms. The van der Waals surface area contributed by atoms with Crippen molar-refractivity contribution in [3.63, 3.8) is 0 Å². The first kappa shape index (κ1) is 13.4. The molecule has 1 aromatic heterocycles. The van der Waals surface area contributed by atoms with E-state index in [2.05, 4.69) is 15.9 Å². The Balaban J connectivity index is 2.12. The summed E-state index contributed by atoms with van der Waals surface area (Å²) in [5.74, 6) is 0. The lowest BCUT2D eigenvalue weighted by Crippen LogP contribution is -1.99. The molecule has 1 atom stereocenters. The Morgan fingerprint density at radius 2 is 1.94 bits per heavy atom. The van der Waals surface area contributed by atoms with Gasteiger partial charge in [0.15, 0.2) is 0 Å². The number of hydrogen-bond donors (Lipinski definition) is 1. The third-order valence-corrected chi connectivity index (χ3v) is 4.80. The van der Waals surface area contributed by atoms with E-state index in [-0.39, 0.29) is 0 Å². The molecule has 0 saturated carbocycles. The van der Waals surface area contributed by atoms with Gasteiger partial charge >= 0.3 is 0 Å². The number of halogens is 3.